The Morgan fingerprint density at radius 2 is 2.30 bits per heavy atom. The number of aliphatic hydroxyl groups is 1. The first-order valence-corrected chi connectivity index (χ1v) is 8.47. The van der Waals surface area contributed by atoms with Crippen LogP contribution in [0.25, 0.3) is 5.57 Å². The number of unbranched alkanes of at least 4 members (excludes halogenated alkanes) is 1. The van der Waals surface area contributed by atoms with Crippen LogP contribution in [0.3, 0.4) is 0 Å². The maximum absolute atomic E-state index is 12.4. The van der Waals surface area contributed by atoms with Crippen molar-refractivity contribution in [1.29, 1.82) is 0 Å². The van der Waals surface area contributed by atoms with Crippen molar-refractivity contribution in [1.82, 2.24) is 0 Å². The van der Waals surface area contributed by atoms with E-state index >= 15 is 0 Å². The Kier molecular flexibility index (Phi) is 3.59. The third kappa shape index (κ3) is 2.08. The number of thiophene rings is 1. The predicted molar refractivity (Wildman–Crippen MR) is 82.7 cm³/mol. The van der Waals surface area contributed by atoms with Crippen molar-refractivity contribution >= 4 is 22.7 Å². The molecular formula is C17H22O2S. The summed E-state index contributed by atoms with van der Waals surface area (Å²) in [5.74, 6) is 0.333. The molecule has 2 atom stereocenters. The highest BCUT2D eigenvalue weighted by Crippen LogP contribution is 2.56. The van der Waals surface area contributed by atoms with Crippen LogP contribution >= 0.6 is 11.3 Å². The smallest absolute Gasteiger partial charge is 0.159 e. The molecule has 0 aromatic carbocycles. The minimum absolute atomic E-state index is 0.0233. The molecule has 0 unspecified atom stereocenters. The van der Waals surface area contributed by atoms with Crippen LogP contribution in [-0.4, -0.2) is 10.9 Å². The van der Waals surface area contributed by atoms with Gasteiger partial charge < -0.3 is 5.11 Å². The quantitative estimate of drug-likeness (QED) is 0.890. The highest BCUT2D eigenvalue weighted by Gasteiger charge is 2.44. The van der Waals surface area contributed by atoms with Gasteiger partial charge in [-0.3, -0.25) is 4.79 Å². The lowest BCUT2D eigenvalue weighted by Crippen LogP contribution is -2.33. The highest BCUT2D eigenvalue weighted by atomic mass is 32.1. The van der Waals surface area contributed by atoms with Crippen LogP contribution < -0.4 is 0 Å². The van der Waals surface area contributed by atoms with E-state index < -0.39 is 0 Å². The van der Waals surface area contributed by atoms with Crippen molar-refractivity contribution in [2.75, 3.05) is 0 Å². The fourth-order valence-electron chi connectivity index (χ4n) is 3.78. The number of rotatable bonds is 3. The van der Waals surface area contributed by atoms with Crippen molar-refractivity contribution in [2.45, 2.75) is 58.5 Å². The largest absolute Gasteiger partial charge is 0.388 e. The second kappa shape index (κ2) is 5.12. The van der Waals surface area contributed by atoms with Crippen molar-refractivity contribution < 1.29 is 9.90 Å². The standard InChI is InChI=1S/C17H22O2S/c1-3-4-5-11-13(18)6-8-17(2)10-14(19)16-12(15(11)17)7-9-20-16/h7,9,14,19H,3-6,8,10H2,1-2H3/t14-,17-/m1/s1. The summed E-state index contributed by atoms with van der Waals surface area (Å²) in [7, 11) is 0. The summed E-state index contributed by atoms with van der Waals surface area (Å²) in [6, 6.07) is 2.10. The number of aliphatic hydroxyl groups excluding tert-OH is 1. The fourth-order valence-corrected chi connectivity index (χ4v) is 4.67. The monoisotopic (exact) mass is 290 g/mol. The van der Waals surface area contributed by atoms with E-state index in [0.717, 1.165) is 48.1 Å². The molecule has 1 heterocycles. The second-order valence-electron chi connectivity index (χ2n) is 6.36. The molecule has 1 aromatic rings. The summed E-state index contributed by atoms with van der Waals surface area (Å²) in [5.41, 5.74) is 3.43. The van der Waals surface area contributed by atoms with Gasteiger partial charge in [-0.2, -0.15) is 0 Å². The minimum atomic E-state index is -0.362. The van der Waals surface area contributed by atoms with Gasteiger partial charge in [0.05, 0.1) is 6.10 Å². The zero-order chi connectivity index (χ0) is 14.3. The number of allylic oxidation sites excluding steroid dienone is 2. The molecule has 0 saturated heterocycles. The lowest BCUT2D eigenvalue weighted by molar-refractivity contribution is -0.116. The molecule has 0 spiro atoms. The number of fused-ring (bicyclic) bond motifs is 3. The Hall–Kier alpha value is -0.930. The van der Waals surface area contributed by atoms with Gasteiger partial charge in [-0.15, -0.1) is 11.3 Å². The Labute approximate surface area is 124 Å². The van der Waals surface area contributed by atoms with E-state index in [9.17, 15) is 9.90 Å². The zero-order valence-electron chi connectivity index (χ0n) is 12.2. The first-order valence-electron chi connectivity index (χ1n) is 7.59. The molecule has 0 aliphatic heterocycles. The van der Waals surface area contributed by atoms with Crippen molar-refractivity contribution in [3.8, 4) is 0 Å². The number of ketones is 1. The molecule has 0 saturated carbocycles. The van der Waals surface area contributed by atoms with Crippen LogP contribution in [-0.2, 0) is 4.79 Å². The number of hydrogen-bond donors (Lipinski definition) is 1. The summed E-state index contributed by atoms with van der Waals surface area (Å²) in [6.07, 6.45) is 5.00. The molecule has 2 aliphatic carbocycles. The summed E-state index contributed by atoms with van der Waals surface area (Å²) < 4.78 is 0. The summed E-state index contributed by atoms with van der Waals surface area (Å²) in [4.78, 5) is 13.5. The van der Waals surface area contributed by atoms with Crippen molar-refractivity contribution in [3.63, 3.8) is 0 Å². The Balaban J connectivity index is 2.17. The number of carbonyl (C=O) groups excluding carboxylic acids is 1. The average Bonchev–Trinajstić information content (AvgIpc) is 2.88. The molecule has 0 fully saturated rings. The molecule has 0 amide bonds. The van der Waals surface area contributed by atoms with Crippen molar-refractivity contribution in [3.05, 3.63) is 27.5 Å². The highest BCUT2D eigenvalue weighted by molar-refractivity contribution is 7.10. The predicted octanol–water partition coefficient (Wildman–Crippen LogP) is 4.50. The number of carbonyl (C=O) groups is 1. The van der Waals surface area contributed by atoms with Gasteiger partial charge in [-0.1, -0.05) is 20.3 Å². The van der Waals surface area contributed by atoms with Crippen molar-refractivity contribution in [2.24, 2.45) is 5.41 Å². The van der Waals surface area contributed by atoms with E-state index in [-0.39, 0.29) is 11.5 Å². The van der Waals surface area contributed by atoms with Crippen LogP contribution in [0.15, 0.2) is 17.0 Å². The van der Waals surface area contributed by atoms with E-state index in [0.29, 0.717) is 12.2 Å². The summed E-state index contributed by atoms with van der Waals surface area (Å²) >= 11 is 1.62. The second-order valence-corrected chi connectivity index (χ2v) is 7.31. The van der Waals surface area contributed by atoms with Gasteiger partial charge in [0.2, 0.25) is 0 Å². The Morgan fingerprint density at radius 1 is 1.50 bits per heavy atom. The topological polar surface area (TPSA) is 37.3 Å². The maximum Gasteiger partial charge on any atom is 0.159 e. The normalized spacial score (nSPS) is 29.4. The summed E-state index contributed by atoms with van der Waals surface area (Å²) in [5, 5.41) is 12.4. The molecule has 2 aliphatic rings. The summed E-state index contributed by atoms with van der Waals surface area (Å²) in [6.45, 7) is 4.39. The van der Waals surface area contributed by atoms with E-state index in [1.165, 1.54) is 5.57 Å². The molecule has 3 heteroatoms. The maximum atomic E-state index is 12.4. The Bertz CT molecular complexity index is 569. The molecule has 0 radical (unpaired) electrons. The fraction of sp³-hybridized carbons (Fsp3) is 0.588. The van der Waals surface area contributed by atoms with E-state index in [2.05, 4.69) is 19.9 Å². The average molecular weight is 290 g/mol. The van der Waals surface area contributed by atoms with E-state index in [1.54, 1.807) is 11.3 Å². The molecule has 3 rings (SSSR count). The lowest BCUT2D eigenvalue weighted by Gasteiger charge is -2.43. The van der Waals surface area contributed by atoms with Crippen LogP contribution in [0.4, 0.5) is 0 Å². The molecule has 1 aromatic heterocycles. The van der Waals surface area contributed by atoms with E-state index in [4.69, 9.17) is 0 Å². The first-order chi connectivity index (χ1) is 9.57. The number of Topliss-reactive ketones (excluding diaryl/α,β-unsaturated/α-hetero) is 1. The molecule has 20 heavy (non-hydrogen) atoms. The molecular weight excluding hydrogens is 268 g/mol. The molecule has 108 valence electrons. The van der Waals surface area contributed by atoms with Crippen LogP contribution in [0, 0.1) is 5.41 Å². The number of hydrogen-bond acceptors (Lipinski definition) is 3. The molecule has 1 N–H and O–H groups in total. The lowest BCUT2D eigenvalue weighted by atomic mass is 9.62. The van der Waals surface area contributed by atoms with Gasteiger partial charge in [0.25, 0.3) is 0 Å². The van der Waals surface area contributed by atoms with Gasteiger partial charge in [0.1, 0.15) is 0 Å². The molecule has 2 nitrogen and oxygen atoms in total. The van der Waals surface area contributed by atoms with Crippen LogP contribution in [0.1, 0.15) is 68.9 Å². The zero-order valence-corrected chi connectivity index (χ0v) is 13.1. The van der Waals surface area contributed by atoms with Crippen LogP contribution in [0.5, 0.6) is 0 Å². The Morgan fingerprint density at radius 3 is 3.05 bits per heavy atom. The van der Waals surface area contributed by atoms with Crippen LogP contribution in [0.2, 0.25) is 0 Å². The minimum Gasteiger partial charge on any atom is -0.388 e. The van der Waals surface area contributed by atoms with Gasteiger partial charge >= 0.3 is 0 Å². The van der Waals surface area contributed by atoms with Gasteiger partial charge in [0, 0.05) is 11.3 Å². The van der Waals surface area contributed by atoms with Gasteiger partial charge in [0.15, 0.2) is 5.78 Å². The third-order valence-corrected chi connectivity index (χ3v) is 5.86. The van der Waals surface area contributed by atoms with Gasteiger partial charge in [-0.25, -0.2) is 0 Å². The van der Waals surface area contributed by atoms with Gasteiger partial charge in [-0.05, 0) is 59.3 Å². The third-order valence-electron chi connectivity index (χ3n) is 4.84. The van der Waals surface area contributed by atoms with E-state index in [1.807, 2.05) is 5.38 Å². The SMILES string of the molecule is CCCCC1=C2c3ccsc3[C@H](O)C[C@@]2(C)CCC1=O. The molecule has 0 bridgehead atoms. The first kappa shape index (κ1) is 14.0.